The van der Waals surface area contributed by atoms with Gasteiger partial charge in [-0.25, -0.2) is 0 Å². The van der Waals surface area contributed by atoms with Crippen molar-refractivity contribution in [3.8, 4) is 11.5 Å². The third-order valence-corrected chi connectivity index (χ3v) is 5.84. The van der Waals surface area contributed by atoms with Crippen LogP contribution in [0.3, 0.4) is 0 Å². The number of carbonyl (C=O) groups is 1. The Morgan fingerprint density at radius 1 is 1.26 bits per heavy atom. The molecule has 10 heteroatoms. The summed E-state index contributed by atoms with van der Waals surface area (Å²) in [4.78, 5) is 22.5. The van der Waals surface area contributed by atoms with Crippen molar-refractivity contribution in [3.63, 3.8) is 0 Å². The summed E-state index contributed by atoms with van der Waals surface area (Å²) in [5, 5.41) is 11.4. The molecule has 1 heterocycles. The maximum absolute atomic E-state index is 12.4. The minimum atomic E-state index is -4.01. The Morgan fingerprint density at radius 2 is 1.97 bits per heavy atom. The molecule has 31 heavy (non-hydrogen) atoms. The van der Waals surface area contributed by atoms with Gasteiger partial charge in [-0.1, -0.05) is 24.6 Å². The van der Waals surface area contributed by atoms with Crippen LogP contribution in [0, 0.1) is 17.0 Å². The maximum Gasteiger partial charge on any atom is 0.297 e. The molecule has 0 saturated heterocycles. The second-order valence-electron chi connectivity index (χ2n) is 6.84. The van der Waals surface area contributed by atoms with Gasteiger partial charge in [0.1, 0.15) is 13.2 Å². The fourth-order valence-corrected chi connectivity index (χ4v) is 3.76. The number of nitro groups is 1. The van der Waals surface area contributed by atoms with Gasteiger partial charge in [0.25, 0.3) is 15.8 Å². The molecule has 0 fully saturated rings. The van der Waals surface area contributed by atoms with E-state index >= 15 is 0 Å². The van der Waals surface area contributed by atoms with Crippen LogP contribution in [0.2, 0.25) is 0 Å². The number of rotatable bonds is 8. The molecule has 1 aliphatic heterocycles. The Balaban J connectivity index is 1.82. The Kier molecular flexibility index (Phi) is 6.71. The summed E-state index contributed by atoms with van der Waals surface area (Å²) in [6.07, 6.45) is 1.94. The van der Waals surface area contributed by atoms with Gasteiger partial charge in [0.15, 0.2) is 23.4 Å². The van der Waals surface area contributed by atoms with Gasteiger partial charge in [-0.3, -0.25) is 19.1 Å². The zero-order valence-corrected chi connectivity index (χ0v) is 17.8. The Labute approximate surface area is 179 Å². The summed E-state index contributed by atoms with van der Waals surface area (Å²) in [5.41, 5.74) is 0.704. The van der Waals surface area contributed by atoms with Crippen LogP contribution in [-0.2, 0) is 19.1 Å². The van der Waals surface area contributed by atoms with Gasteiger partial charge >= 0.3 is 0 Å². The second-order valence-corrected chi connectivity index (χ2v) is 8.45. The van der Waals surface area contributed by atoms with Crippen molar-refractivity contribution in [1.29, 1.82) is 0 Å². The standard InChI is InChI=1S/C21H21NO8S/c1-3-15(23)6-9-18-19(22(24)25)10-11-20-21(18)30-16(12-28-20)13-29-31(26,27)17-7-4-14(2)5-8-17/h4-11,16H,3,12-13H2,1-2H3/b9-6+/t16-/m1/s1. The van der Waals surface area contributed by atoms with Crippen LogP contribution in [0.4, 0.5) is 5.69 Å². The number of nitrogens with zero attached hydrogens (tertiary/aromatic N) is 1. The van der Waals surface area contributed by atoms with E-state index in [2.05, 4.69) is 0 Å². The molecule has 0 saturated carbocycles. The number of hydrogen-bond donors (Lipinski definition) is 0. The van der Waals surface area contributed by atoms with Gasteiger partial charge in [0.05, 0.1) is 15.4 Å². The van der Waals surface area contributed by atoms with Gasteiger partial charge in [0.2, 0.25) is 0 Å². The third kappa shape index (κ3) is 5.28. The quantitative estimate of drug-likeness (QED) is 0.261. The van der Waals surface area contributed by atoms with Gasteiger partial charge in [-0.05, 0) is 37.3 Å². The van der Waals surface area contributed by atoms with E-state index in [0.29, 0.717) is 0 Å². The van der Waals surface area contributed by atoms with E-state index in [4.69, 9.17) is 13.7 Å². The summed E-state index contributed by atoms with van der Waals surface area (Å²) in [6.45, 7) is 3.14. The molecule has 2 aromatic rings. The Morgan fingerprint density at radius 3 is 2.61 bits per heavy atom. The lowest BCUT2D eigenvalue weighted by Crippen LogP contribution is -2.34. The fourth-order valence-electron chi connectivity index (χ4n) is 2.82. The molecule has 0 unspecified atom stereocenters. The van der Waals surface area contributed by atoms with Crippen molar-refractivity contribution < 1.29 is 31.8 Å². The zero-order valence-electron chi connectivity index (χ0n) is 16.9. The second kappa shape index (κ2) is 9.27. The largest absolute Gasteiger partial charge is 0.486 e. The first-order chi connectivity index (χ1) is 14.7. The molecule has 0 amide bonds. The number of carbonyl (C=O) groups excluding carboxylic acids is 1. The highest BCUT2D eigenvalue weighted by atomic mass is 32.2. The van der Waals surface area contributed by atoms with Crippen molar-refractivity contribution in [1.82, 2.24) is 0 Å². The van der Waals surface area contributed by atoms with Gasteiger partial charge in [-0.2, -0.15) is 8.42 Å². The number of benzene rings is 2. The molecule has 0 radical (unpaired) electrons. The lowest BCUT2D eigenvalue weighted by Gasteiger charge is -2.27. The van der Waals surface area contributed by atoms with Crippen LogP contribution in [0.15, 0.2) is 47.4 Å². The molecule has 0 N–H and O–H groups in total. The lowest BCUT2D eigenvalue weighted by molar-refractivity contribution is -0.385. The molecule has 0 spiro atoms. The van der Waals surface area contributed by atoms with E-state index in [0.717, 1.165) is 5.56 Å². The maximum atomic E-state index is 12.4. The number of allylic oxidation sites excluding steroid dienone is 1. The first-order valence-electron chi connectivity index (χ1n) is 9.49. The first kappa shape index (κ1) is 22.4. The molecule has 3 rings (SSSR count). The predicted octanol–water partition coefficient (Wildman–Crippen LogP) is 3.44. The highest BCUT2D eigenvalue weighted by Gasteiger charge is 2.30. The molecule has 9 nitrogen and oxygen atoms in total. The number of aryl methyl sites for hydroxylation is 1. The van der Waals surface area contributed by atoms with Crippen LogP contribution in [0.25, 0.3) is 6.08 Å². The van der Waals surface area contributed by atoms with Crippen molar-refractivity contribution in [2.24, 2.45) is 0 Å². The van der Waals surface area contributed by atoms with E-state index < -0.39 is 21.1 Å². The minimum absolute atomic E-state index is 0.00701. The van der Waals surface area contributed by atoms with E-state index in [1.165, 1.54) is 36.4 Å². The third-order valence-electron chi connectivity index (χ3n) is 4.55. The molecular weight excluding hydrogens is 426 g/mol. The molecule has 1 atom stereocenters. The number of hydrogen-bond acceptors (Lipinski definition) is 8. The average molecular weight is 447 g/mol. The monoisotopic (exact) mass is 447 g/mol. The van der Waals surface area contributed by atoms with E-state index in [9.17, 15) is 23.3 Å². The summed E-state index contributed by atoms with van der Waals surface area (Å²) < 4.78 is 41.3. The minimum Gasteiger partial charge on any atom is -0.486 e. The summed E-state index contributed by atoms with van der Waals surface area (Å²) in [7, 11) is -4.01. The van der Waals surface area contributed by atoms with E-state index in [-0.39, 0.29) is 53.1 Å². The van der Waals surface area contributed by atoms with Gasteiger partial charge < -0.3 is 9.47 Å². The first-order valence-corrected chi connectivity index (χ1v) is 10.9. The van der Waals surface area contributed by atoms with E-state index in [1.54, 1.807) is 19.1 Å². The summed E-state index contributed by atoms with van der Waals surface area (Å²) in [5.74, 6) is 0.0986. The zero-order chi connectivity index (χ0) is 22.6. The topological polar surface area (TPSA) is 122 Å². The summed E-state index contributed by atoms with van der Waals surface area (Å²) in [6, 6.07) is 8.85. The highest BCUT2D eigenvalue weighted by molar-refractivity contribution is 7.86. The van der Waals surface area contributed by atoms with Crippen molar-refractivity contribution >= 4 is 27.7 Å². The highest BCUT2D eigenvalue weighted by Crippen LogP contribution is 2.41. The van der Waals surface area contributed by atoms with Crippen molar-refractivity contribution in [2.75, 3.05) is 13.2 Å². The van der Waals surface area contributed by atoms with Crippen LogP contribution >= 0.6 is 0 Å². The SMILES string of the molecule is CCC(=O)/C=C/c1c([N+](=O)[O-])ccc2c1O[C@@H](COS(=O)(=O)c1ccc(C)cc1)CO2. The molecule has 164 valence electrons. The van der Waals surface area contributed by atoms with Gasteiger partial charge in [0, 0.05) is 12.5 Å². The normalized spacial score (nSPS) is 15.7. The molecule has 0 bridgehead atoms. The molecule has 0 aromatic heterocycles. The van der Waals surface area contributed by atoms with Gasteiger partial charge in [-0.15, -0.1) is 0 Å². The number of fused-ring (bicyclic) bond motifs is 1. The van der Waals surface area contributed by atoms with Crippen molar-refractivity contribution in [2.45, 2.75) is 31.3 Å². The molecular formula is C21H21NO8S. The Bertz CT molecular complexity index is 1120. The number of ketones is 1. The smallest absolute Gasteiger partial charge is 0.297 e. The lowest BCUT2D eigenvalue weighted by atomic mass is 10.1. The van der Waals surface area contributed by atoms with Crippen LogP contribution in [0.5, 0.6) is 11.5 Å². The van der Waals surface area contributed by atoms with Crippen molar-refractivity contribution in [3.05, 3.63) is 63.7 Å². The Hall–Kier alpha value is -3.24. The van der Waals surface area contributed by atoms with Crippen LogP contribution < -0.4 is 9.47 Å². The van der Waals surface area contributed by atoms with Crippen LogP contribution in [0.1, 0.15) is 24.5 Å². The fraction of sp³-hybridized carbons (Fsp3) is 0.286. The van der Waals surface area contributed by atoms with E-state index in [1.807, 2.05) is 6.92 Å². The molecule has 2 aromatic carbocycles. The predicted molar refractivity (Wildman–Crippen MR) is 112 cm³/mol. The molecule has 1 aliphatic rings. The number of ether oxygens (including phenoxy) is 2. The average Bonchev–Trinajstić information content (AvgIpc) is 2.75. The van der Waals surface area contributed by atoms with Crippen LogP contribution in [-0.4, -0.2) is 38.4 Å². The molecule has 0 aliphatic carbocycles. The number of nitro benzene ring substituents is 1. The summed E-state index contributed by atoms with van der Waals surface area (Å²) >= 11 is 0.